The Morgan fingerprint density at radius 2 is 2.25 bits per heavy atom. The van der Waals surface area contributed by atoms with Crippen LogP contribution in [-0.2, 0) is 9.53 Å². The predicted molar refractivity (Wildman–Crippen MR) is 48.0 cm³/mol. The topological polar surface area (TPSA) is 26.3 Å². The summed E-state index contributed by atoms with van der Waals surface area (Å²) >= 11 is 0. The van der Waals surface area contributed by atoms with Crippen molar-refractivity contribution >= 4 is 6.29 Å². The highest BCUT2D eigenvalue weighted by molar-refractivity contribution is 5.56. The smallest absolute Gasteiger partial charge is 0.148 e. The summed E-state index contributed by atoms with van der Waals surface area (Å²) in [6.45, 7) is 6.40. The summed E-state index contributed by atoms with van der Waals surface area (Å²) in [4.78, 5) is 10.5. The van der Waals surface area contributed by atoms with Crippen molar-refractivity contribution < 1.29 is 9.53 Å². The van der Waals surface area contributed by atoms with Gasteiger partial charge in [-0.1, -0.05) is 13.8 Å². The number of carbonyl (C=O) groups excluding carboxylic acids is 1. The Morgan fingerprint density at radius 1 is 1.58 bits per heavy atom. The summed E-state index contributed by atoms with van der Waals surface area (Å²) in [6.07, 6.45) is 3.85. The first kappa shape index (κ1) is 9.72. The molecule has 2 atom stereocenters. The van der Waals surface area contributed by atoms with Crippen LogP contribution >= 0.6 is 0 Å². The van der Waals surface area contributed by atoms with E-state index in [1.165, 1.54) is 0 Å². The third-order valence-corrected chi connectivity index (χ3v) is 2.96. The van der Waals surface area contributed by atoms with Crippen LogP contribution in [0.2, 0.25) is 0 Å². The molecule has 0 aromatic rings. The normalized spacial score (nSPS) is 36.8. The molecular formula is C10H18O2. The third kappa shape index (κ3) is 1.86. The molecule has 1 aliphatic heterocycles. The van der Waals surface area contributed by atoms with E-state index in [1.807, 2.05) is 0 Å². The van der Waals surface area contributed by atoms with Gasteiger partial charge in [0.1, 0.15) is 12.4 Å². The van der Waals surface area contributed by atoms with E-state index < -0.39 is 0 Å². The first-order valence-corrected chi connectivity index (χ1v) is 4.71. The zero-order valence-electron chi connectivity index (χ0n) is 8.17. The van der Waals surface area contributed by atoms with Crippen LogP contribution in [-0.4, -0.2) is 18.0 Å². The molecule has 0 saturated carbocycles. The monoisotopic (exact) mass is 170 g/mol. The van der Waals surface area contributed by atoms with Gasteiger partial charge in [0.05, 0.1) is 5.60 Å². The minimum absolute atomic E-state index is 0.0795. The standard InChI is InChI=1S/C10H18O2/c1-8(2)10(3)6-4-5-9(7-11)12-10/h7-9H,4-6H2,1-3H3. The highest BCUT2D eigenvalue weighted by Crippen LogP contribution is 2.33. The lowest BCUT2D eigenvalue weighted by Crippen LogP contribution is -2.42. The maximum Gasteiger partial charge on any atom is 0.148 e. The number of hydrogen-bond acceptors (Lipinski definition) is 2. The van der Waals surface area contributed by atoms with Gasteiger partial charge in [-0.15, -0.1) is 0 Å². The molecule has 1 fully saturated rings. The summed E-state index contributed by atoms with van der Waals surface area (Å²) in [5, 5.41) is 0. The van der Waals surface area contributed by atoms with E-state index in [1.54, 1.807) is 0 Å². The molecular weight excluding hydrogens is 152 g/mol. The predicted octanol–water partition coefficient (Wildman–Crippen LogP) is 2.17. The van der Waals surface area contributed by atoms with Crippen LogP contribution in [0.3, 0.4) is 0 Å². The maximum atomic E-state index is 10.5. The van der Waals surface area contributed by atoms with Gasteiger partial charge in [-0.25, -0.2) is 0 Å². The molecule has 1 rings (SSSR count). The van der Waals surface area contributed by atoms with E-state index >= 15 is 0 Å². The van der Waals surface area contributed by atoms with Gasteiger partial charge in [0.25, 0.3) is 0 Å². The molecule has 1 heterocycles. The summed E-state index contributed by atoms with van der Waals surface area (Å²) in [5.74, 6) is 0.486. The Morgan fingerprint density at radius 3 is 2.75 bits per heavy atom. The minimum atomic E-state index is -0.161. The summed E-state index contributed by atoms with van der Waals surface area (Å²) in [7, 11) is 0. The van der Waals surface area contributed by atoms with Crippen LogP contribution in [0.5, 0.6) is 0 Å². The third-order valence-electron chi connectivity index (χ3n) is 2.96. The van der Waals surface area contributed by atoms with Gasteiger partial charge < -0.3 is 9.53 Å². The average Bonchev–Trinajstić information content (AvgIpc) is 2.04. The Hall–Kier alpha value is -0.370. The number of aldehydes is 1. The second-order valence-electron chi connectivity index (χ2n) is 4.15. The first-order valence-electron chi connectivity index (χ1n) is 4.71. The van der Waals surface area contributed by atoms with Crippen LogP contribution in [0.15, 0.2) is 0 Å². The van der Waals surface area contributed by atoms with Crippen LogP contribution in [0.1, 0.15) is 40.0 Å². The zero-order chi connectivity index (χ0) is 9.19. The molecule has 70 valence electrons. The Balaban J connectivity index is 2.60. The van der Waals surface area contributed by atoms with E-state index in [2.05, 4.69) is 20.8 Å². The first-order chi connectivity index (χ1) is 5.58. The van der Waals surface area contributed by atoms with Crippen LogP contribution in [0.4, 0.5) is 0 Å². The lowest BCUT2D eigenvalue weighted by atomic mass is 9.84. The van der Waals surface area contributed by atoms with Crippen molar-refractivity contribution in [1.29, 1.82) is 0 Å². The molecule has 1 saturated heterocycles. The van der Waals surface area contributed by atoms with E-state index in [0.29, 0.717) is 5.92 Å². The fraction of sp³-hybridized carbons (Fsp3) is 0.900. The summed E-state index contributed by atoms with van der Waals surface area (Å²) in [6, 6.07) is 0. The van der Waals surface area contributed by atoms with Gasteiger partial charge in [-0.3, -0.25) is 0 Å². The molecule has 0 amide bonds. The number of rotatable bonds is 2. The van der Waals surface area contributed by atoms with Crippen molar-refractivity contribution in [1.82, 2.24) is 0 Å². The molecule has 0 N–H and O–H groups in total. The highest BCUT2D eigenvalue weighted by atomic mass is 16.5. The Bertz CT molecular complexity index is 165. The molecule has 0 aliphatic carbocycles. The van der Waals surface area contributed by atoms with Crippen molar-refractivity contribution in [3.63, 3.8) is 0 Å². The number of carbonyl (C=O) groups is 1. The molecule has 2 nitrogen and oxygen atoms in total. The van der Waals surface area contributed by atoms with Crippen molar-refractivity contribution in [3.8, 4) is 0 Å². The molecule has 0 bridgehead atoms. The molecule has 0 aromatic carbocycles. The van der Waals surface area contributed by atoms with Crippen LogP contribution in [0.25, 0.3) is 0 Å². The second kappa shape index (κ2) is 3.56. The van der Waals surface area contributed by atoms with Crippen molar-refractivity contribution in [2.75, 3.05) is 0 Å². The van der Waals surface area contributed by atoms with E-state index in [9.17, 15) is 4.79 Å². The van der Waals surface area contributed by atoms with E-state index in [-0.39, 0.29) is 11.7 Å². The van der Waals surface area contributed by atoms with E-state index in [4.69, 9.17) is 4.74 Å². The van der Waals surface area contributed by atoms with Gasteiger partial charge in [0.15, 0.2) is 0 Å². The van der Waals surface area contributed by atoms with Crippen LogP contribution < -0.4 is 0 Å². The largest absolute Gasteiger partial charge is 0.364 e. The summed E-state index contributed by atoms with van der Waals surface area (Å²) < 4.78 is 5.72. The fourth-order valence-electron chi connectivity index (χ4n) is 1.64. The lowest BCUT2D eigenvalue weighted by Gasteiger charge is -2.40. The molecule has 0 aromatic heterocycles. The zero-order valence-corrected chi connectivity index (χ0v) is 8.17. The van der Waals surface area contributed by atoms with Crippen molar-refractivity contribution in [2.45, 2.75) is 51.7 Å². The van der Waals surface area contributed by atoms with Gasteiger partial charge in [-0.2, -0.15) is 0 Å². The Kier molecular flexibility index (Phi) is 2.89. The van der Waals surface area contributed by atoms with Crippen molar-refractivity contribution in [3.05, 3.63) is 0 Å². The second-order valence-corrected chi connectivity index (χ2v) is 4.15. The maximum absolute atomic E-state index is 10.5. The minimum Gasteiger partial charge on any atom is -0.364 e. The molecule has 0 radical (unpaired) electrons. The SMILES string of the molecule is CC(C)C1(C)CCCC(C=O)O1. The van der Waals surface area contributed by atoms with Crippen LogP contribution in [0, 0.1) is 5.92 Å². The highest BCUT2D eigenvalue weighted by Gasteiger charge is 2.35. The van der Waals surface area contributed by atoms with Gasteiger partial charge in [0.2, 0.25) is 0 Å². The molecule has 1 aliphatic rings. The van der Waals surface area contributed by atoms with Gasteiger partial charge in [-0.05, 0) is 32.1 Å². The van der Waals surface area contributed by atoms with E-state index in [0.717, 1.165) is 25.5 Å². The molecule has 2 heteroatoms. The number of hydrogen-bond donors (Lipinski definition) is 0. The molecule has 2 unspecified atom stereocenters. The Labute approximate surface area is 74.3 Å². The molecule has 0 spiro atoms. The van der Waals surface area contributed by atoms with Gasteiger partial charge in [0, 0.05) is 0 Å². The molecule has 12 heavy (non-hydrogen) atoms. The lowest BCUT2D eigenvalue weighted by molar-refractivity contribution is -0.153. The average molecular weight is 170 g/mol. The quantitative estimate of drug-likeness (QED) is 0.594. The van der Waals surface area contributed by atoms with Gasteiger partial charge >= 0.3 is 0 Å². The van der Waals surface area contributed by atoms with Crippen molar-refractivity contribution in [2.24, 2.45) is 5.92 Å². The summed E-state index contributed by atoms with van der Waals surface area (Å²) in [5.41, 5.74) is -0.0795. The number of ether oxygens (including phenoxy) is 1. The fourth-order valence-corrected chi connectivity index (χ4v) is 1.64.